The second-order valence-electron chi connectivity index (χ2n) is 9.52. The van der Waals surface area contributed by atoms with Gasteiger partial charge in [0, 0.05) is 12.3 Å². The van der Waals surface area contributed by atoms with Crippen LogP contribution in [0.3, 0.4) is 0 Å². The summed E-state index contributed by atoms with van der Waals surface area (Å²) in [6, 6.07) is 60.9. The van der Waals surface area contributed by atoms with Crippen LogP contribution in [-0.4, -0.2) is 6.29 Å². The Labute approximate surface area is 258 Å². The van der Waals surface area contributed by atoms with E-state index in [0.29, 0.717) is 0 Å². The monoisotopic (exact) mass is 611 g/mol. The Kier molecular flexibility index (Phi) is 12.3. The first-order chi connectivity index (χ1) is 19.8. The zero-order chi connectivity index (χ0) is 27.4. The summed E-state index contributed by atoms with van der Waals surface area (Å²) in [7, 11) is -1.09. The molecule has 6 aromatic carbocycles. The molecule has 206 valence electrons. The second kappa shape index (κ2) is 16.4. The fourth-order valence-electron chi connectivity index (χ4n) is 4.78. The first-order valence-electron chi connectivity index (χ1n) is 13.7. The van der Waals surface area contributed by atoms with Gasteiger partial charge in [0.1, 0.15) is 0 Å². The Morgan fingerprint density at radius 3 is 1.44 bits per heavy atom. The van der Waals surface area contributed by atoms with Gasteiger partial charge in [0.05, 0.1) is 0 Å². The molecule has 1 nitrogen and oxygen atoms in total. The molecular formula is C37H35FeNP2. The quantitative estimate of drug-likeness (QED) is 0.103. The molecule has 0 radical (unpaired) electrons. The summed E-state index contributed by atoms with van der Waals surface area (Å²) in [6.07, 6.45) is 0.948. The molecule has 0 amide bonds. The van der Waals surface area contributed by atoms with Crippen LogP contribution in [0.1, 0.15) is 18.5 Å². The van der Waals surface area contributed by atoms with Crippen LogP contribution in [0.5, 0.6) is 0 Å². The standard InChI is InChI=1S/C32H30NP2.C5H5.Fe/c1-26(33-25-34(27-15-6-2-7-16-27)28-17-8-3-9-18-28)31-23-14-24-32(31)35(29-19-10-4-11-20-29)30-21-12-5-13-22-30;1-2-4-5-3-1;/h2-24,26,33H,25H2,1H3;1-5H;/q2*-1;+2. The normalized spacial score (nSPS) is 11.4. The van der Waals surface area contributed by atoms with Crippen molar-refractivity contribution in [1.29, 1.82) is 0 Å². The summed E-state index contributed by atoms with van der Waals surface area (Å²) >= 11 is 0. The first kappa shape index (κ1) is 30.9. The molecule has 0 saturated heterocycles. The fourth-order valence-corrected chi connectivity index (χ4v) is 9.52. The summed E-state index contributed by atoms with van der Waals surface area (Å²) in [4.78, 5) is 0. The summed E-state index contributed by atoms with van der Waals surface area (Å²) in [5.74, 6) is 0. The molecule has 0 aliphatic rings. The Morgan fingerprint density at radius 1 is 0.585 bits per heavy atom. The molecule has 0 heterocycles. The van der Waals surface area contributed by atoms with Crippen molar-refractivity contribution in [1.82, 2.24) is 5.32 Å². The molecule has 0 spiro atoms. The third-order valence-corrected chi connectivity index (χ3v) is 11.7. The van der Waals surface area contributed by atoms with Crippen molar-refractivity contribution in [2.75, 3.05) is 6.29 Å². The molecule has 0 saturated carbocycles. The Morgan fingerprint density at radius 2 is 1.02 bits per heavy atom. The number of rotatable bonds is 9. The van der Waals surface area contributed by atoms with E-state index in [-0.39, 0.29) is 23.1 Å². The maximum atomic E-state index is 3.92. The van der Waals surface area contributed by atoms with Crippen LogP contribution in [0.25, 0.3) is 0 Å². The van der Waals surface area contributed by atoms with Gasteiger partial charge in [-0.15, -0.1) is 10.9 Å². The van der Waals surface area contributed by atoms with Crippen molar-refractivity contribution in [2.24, 2.45) is 0 Å². The molecule has 1 unspecified atom stereocenters. The summed E-state index contributed by atoms with van der Waals surface area (Å²) in [6.45, 7) is 2.31. The van der Waals surface area contributed by atoms with Gasteiger partial charge in [-0.05, 0) is 36.1 Å². The van der Waals surface area contributed by atoms with E-state index in [9.17, 15) is 0 Å². The molecule has 41 heavy (non-hydrogen) atoms. The zero-order valence-electron chi connectivity index (χ0n) is 23.2. The Hall–Kier alpha value is -3.08. The van der Waals surface area contributed by atoms with Gasteiger partial charge in [-0.25, -0.2) is 24.3 Å². The van der Waals surface area contributed by atoms with E-state index in [4.69, 9.17) is 0 Å². The number of benzene rings is 4. The summed E-state index contributed by atoms with van der Waals surface area (Å²) < 4.78 is 0. The molecule has 0 bridgehead atoms. The van der Waals surface area contributed by atoms with E-state index in [1.807, 2.05) is 30.3 Å². The van der Waals surface area contributed by atoms with Gasteiger partial charge >= 0.3 is 17.1 Å². The van der Waals surface area contributed by atoms with Crippen molar-refractivity contribution in [3.63, 3.8) is 0 Å². The van der Waals surface area contributed by atoms with Crippen LogP contribution in [0, 0.1) is 0 Å². The SMILES string of the molecule is CC(NCP(c1ccccc1)c1ccccc1)c1ccc[c-]1P(c1ccccc1)c1ccccc1.[Fe+2].c1cc[cH-]c1. The van der Waals surface area contributed by atoms with E-state index < -0.39 is 15.8 Å². The van der Waals surface area contributed by atoms with Crippen molar-refractivity contribution in [3.05, 3.63) is 175 Å². The molecule has 0 fully saturated rings. The molecule has 4 heteroatoms. The van der Waals surface area contributed by atoms with Gasteiger partial charge in [-0.2, -0.15) is 24.3 Å². The van der Waals surface area contributed by atoms with Crippen LogP contribution in [0.4, 0.5) is 0 Å². The molecule has 0 aromatic heterocycles. The van der Waals surface area contributed by atoms with Crippen molar-refractivity contribution < 1.29 is 17.1 Å². The average molecular weight is 611 g/mol. The van der Waals surface area contributed by atoms with E-state index in [1.165, 1.54) is 32.1 Å². The average Bonchev–Trinajstić information content (AvgIpc) is 3.76. The minimum Gasteiger partial charge on any atom is -0.308 e. The third kappa shape index (κ3) is 8.47. The van der Waals surface area contributed by atoms with Crippen LogP contribution in [0.2, 0.25) is 0 Å². The van der Waals surface area contributed by atoms with Crippen LogP contribution < -0.4 is 31.8 Å². The van der Waals surface area contributed by atoms with Gasteiger partial charge in [0.25, 0.3) is 0 Å². The molecule has 0 aliphatic carbocycles. The number of nitrogens with one attached hydrogen (secondary N) is 1. The van der Waals surface area contributed by atoms with Gasteiger partial charge in [0.15, 0.2) is 0 Å². The van der Waals surface area contributed by atoms with Crippen LogP contribution in [-0.2, 0) is 17.1 Å². The summed E-state index contributed by atoms with van der Waals surface area (Å²) in [5, 5.41) is 11.0. The third-order valence-electron chi connectivity index (χ3n) is 6.81. The predicted molar refractivity (Wildman–Crippen MR) is 178 cm³/mol. The molecule has 1 atom stereocenters. The fraction of sp³-hybridized carbons (Fsp3) is 0.0811. The van der Waals surface area contributed by atoms with Gasteiger partial charge in [0.2, 0.25) is 0 Å². The zero-order valence-corrected chi connectivity index (χ0v) is 26.1. The maximum absolute atomic E-state index is 3.92. The molecule has 6 aromatic rings. The smallest absolute Gasteiger partial charge is 0.308 e. The van der Waals surface area contributed by atoms with Crippen molar-refractivity contribution >= 4 is 42.4 Å². The van der Waals surface area contributed by atoms with Gasteiger partial charge in [-0.1, -0.05) is 129 Å². The second-order valence-corrected chi connectivity index (χ2v) is 13.9. The topological polar surface area (TPSA) is 12.0 Å². The number of hydrogen-bond acceptors (Lipinski definition) is 1. The minimum atomic E-state index is -0.611. The Bertz CT molecular complexity index is 1400. The van der Waals surface area contributed by atoms with E-state index in [0.717, 1.165) is 6.29 Å². The van der Waals surface area contributed by atoms with Crippen molar-refractivity contribution in [2.45, 2.75) is 13.0 Å². The van der Waals surface area contributed by atoms with Gasteiger partial charge in [-0.3, -0.25) is 0 Å². The molecule has 0 aliphatic heterocycles. The summed E-state index contributed by atoms with van der Waals surface area (Å²) in [5.41, 5.74) is 1.40. The van der Waals surface area contributed by atoms with Gasteiger partial charge < -0.3 is 5.32 Å². The molecule has 1 N–H and O–H groups in total. The largest absolute Gasteiger partial charge is 2.00 e. The van der Waals surface area contributed by atoms with Crippen molar-refractivity contribution in [3.8, 4) is 0 Å². The maximum Gasteiger partial charge on any atom is 2.00 e. The first-order valence-corrected chi connectivity index (χ1v) is 16.6. The van der Waals surface area contributed by atoms with E-state index >= 15 is 0 Å². The van der Waals surface area contributed by atoms with Crippen LogP contribution in [0.15, 0.2) is 170 Å². The predicted octanol–water partition coefficient (Wildman–Crippen LogP) is 7.31. The molecular weight excluding hydrogens is 576 g/mol. The number of hydrogen-bond donors (Lipinski definition) is 1. The van der Waals surface area contributed by atoms with E-state index in [2.05, 4.69) is 152 Å². The van der Waals surface area contributed by atoms with Crippen LogP contribution >= 0.6 is 15.8 Å². The minimum absolute atomic E-state index is 0. The molecule has 6 rings (SSSR count). The Balaban J connectivity index is 0.000000584. The van der Waals surface area contributed by atoms with E-state index in [1.54, 1.807) is 0 Å².